The first-order chi connectivity index (χ1) is 6.65. The summed E-state index contributed by atoms with van der Waals surface area (Å²) in [5.41, 5.74) is 0. The maximum Gasteiger partial charge on any atom is 0.396 e. The Labute approximate surface area is 82.6 Å². The molecule has 1 heterocycles. The number of ether oxygens (including phenoxy) is 1. The number of aliphatic hydroxyl groups is 1. The maximum absolute atomic E-state index is 11.4. The molecule has 1 aliphatic heterocycles. The molecule has 80 valence electrons. The molecule has 1 saturated heterocycles. The van der Waals surface area contributed by atoms with Gasteiger partial charge in [-0.1, -0.05) is 0 Å². The molecule has 0 aromatic heterocycles. The van der Waals surface area contributed by atoms with Gasteiger partial charge in [-0.2, -0.15) is 0 Å². The highest BCUT2D eigenvalue weighted by molar-refractivity contribution is 6.32. The molecule has 14 heavy (non-hydrogen) atoms. The predicted octanol–water partition coefficient (Wildman–Crippen LogP) is -0.467. The second-order valence-electron chi connectivity index (χ2n) is 3.37. The number of carbonyl (C=O) groups is 2. The van der Waals surface area contributed by atoms with Crippen molar-refractivity contribution in [3.05, 3.63) is 0 Å². The van der Waals surface area contributed by atoms with Gasteiger partial charge in [-0.3, -0.25) is 4.79 Å². The third-order valence-electron chi connectivity index (χ3n) is 2.34. The average molecular weight is 201 g/mol. The van der Waals surface area contributed by atoms with Gasteiger partial charge in [0, 0.05) is 13.1 Å². The van der Waals surface area contributed by atoms with E-state index in [9.17, 15) is 14.7 Å². The zero-order valence-corrected chi connectivity index (χ0v) is 8.23. The summed E-state index contributed by atoms with van der Waals surface area (Å²) in [6, 6.07) is 0. The van der Waals surface area contributed by atoms with Crippen molar-refractivity contribution in [3.63, 3.8) is 0 Å². The fourth-order valence-corrected chi connectivity index (χ4v) is 1.50. The first-order valence-electron chi connectivity index (χ1n) is 4.70. The second-order valence-corrected chi connectivity index (χ2v) is 3.37. The Morgan fingerprint density at radius 1 is 1.36 bits per heavy atom. The molecule has 0 aliphatic carbocycles. The Morgan fingerprint density at radius 3 is 2.71 bits per heavy atom. The normalized spacial score (nSPS) is 22.7. The third-order valence-corrected chi connectivity index (χ3v) is 2.34. The molecule has 0 spiro atoms. The quantitative estimate of drug-likeness (QED) is 0.425. The molecule has 1 atom stereocenters. The van der Waals surface area contributed by atoms with Crippen LogP contribution in [-0.2, 0) is 14.3 Å². The minimum atomic E-state index is -0.832. The van der Waals surface area contributed by atoms with Crippen LogP contribution in [0.25, 0.3) is 0 Å². The van der Waals surface area contributed by atoms with Gasteiger partial charge in [0.05, 0.1) is 13.2 Å². The van der Waals surface area contributed by atoms with Crippen LogP contribution in [0.3, 0.4) is 0 Å². The number of esters is 1. The molecule has 1 unspecified atom stereocenters. The summed E-state index contributed by atoms with van der Waals surface area (Å²) in [6.45, 7) is 0.945. The van der Waals surface area contributed by atoms with Crippen molar-refractivity contribution in [2.45, 2.75) is 25.4 Å². The van der Waals surface area contributed by atoms with Crippen molar-refractivity contribution in [3.8, 4) is 0 Å². The standard InChI is InChI=1S/C9H15NO4/c1-14-9(13)8(12)10-5-2-3-7(11)4-6-10/h7,11H,2-6H2,1H3. The molecule has 0 aromatic carbocycles. The van der Waals surface area contributed by atoms with Gasteiger partial charge in [0.2, 0.25) is 0 Å². The van der Waals surface area contributed by atoms with Gasteiger partial charge < -0.3 is 14.7 Å². The molecule has 5 heteroatoms. The van der Waals surface area contributed by atoms with E-state index in [1.165, 1.54) is 12.0 Å². The number of carbonyl (C=O) groups excluding carboxylic acids is 2. The summed E-state index contributed by atoms with van der Waals surface area (Å²) >= 11 is 0. The van der Waals surface area contributed by atoms with Crippen LogP contribution in [-0.4, -0.2) is 48.2 Å². The minimum Gasteiger partial charge on any atom is -0.462 e. The largest absolute Gasteiger partial charge is 0.462 e. The van der Waals surface area contributed by atoms with Crippen molar-refractivity contribution in [2.75, 3.05) is 20.2 Å². The topological polar surface area (TPSA) is 66.8 Å². The Morgan fingerprint density at radius 2 is 2.07 bits per heavy atom. The molecule has 1 N–H and O–H groups in total. The molecule has 1 fully saturated rings. The molecule has 1 rings (SSSR count). The molecule has 0 radical (unpaired) electrons. The van der Waals surface area contributed by atoms with Crippen LogP contribution in [0.1, 0.15) is 19.3 Å². The number of aliphatic hydroxyl groups excluding tert-OH is 1. The van der Waals surface area contributed by atoms with E-state index in [1.54, 1.807) is 0 Å². The summed E-state index contributed by atoms with van der Waals surface area (Å²) in [7, 11) is 1.19. The van der Waals surface area contributed by atoms with Crippen LogP contribution in [0.5, 0.6) is 0 Å². The monoisotopic (exact) mass is 201 g/mol. The number of methoxy groups -OCH3 is 1. The molecule has 1 aliphatic rings. The summed E-state index contributed by atoms with van der Waals surface area (Å²) < 4.78 is 4.34. The molecule has 0 aromatic rings. The number of likely N-dealkylation sites (tertiary alicyclic amines) is 1. The fraction of sp³-hybridized carbons (Fsp3) is 0.778. The van der Waals surface area contributed by atoms with Gasteiger partial charge in [0.1, 0.15) is 0 Å². The highest BCUT2D eigenvalue weighted by Crippen LogP contribution is 2.10. The van der Waals surface area contributed by atoms with E-state index in [0.717, 1.165) is 6.42 Å². The molecule has 1 amide bonds. The average Bonchev–Trinajstić information content (AvgIpc) is 2.40. The van der Waals surface area contributed by atoms with Crippen LogP contribution in [0.15, 0.2) is 0 Å². The van der Waals surface area contributed by atoms with Gasteiger partial charge in [0.25, 0.3) is 0 Å². The van der Waals surface area contributed by atoms with Crippen LogP contribution in [0.2, 0.25) is 0 Å². The zero-order chi connectivity index (χ0) is 10.6. The number of hydrogen-bond acceptors (Lipinski definition) is 4. The predicted molar refractivity (Wildman–Crippen MR) is 48.5 cm³/mol. The lowest BCUT2D eigenvalue weighted by molar-refractivity contribution is -0.158. The Kier molecular flexibility index (Phi) is 3.88. The van der Waals surface area contributed by atoms with Gasteiger partial charge >= 0.3 is 11.9 Å². The number of hydrogen-bond donors (Lipinski definition) is 1. The van der Waals surface area contributed by atoms with Gasteiger partial charge in [-0.05, 0) is 19.3 Å². The minimum absolute atomic E-state index is 0.356. The van der Waals surface area contributed by atoms with E-state index in [-0.39, 0.29) is 6.10 Å². The lowest BCUT2D eigenvalue weighted by atomic mass is 10.2. The lowest BCUT2D eigenvalue weighted by Crippen LogP contribution is -2.38. The first-order valence-corrected chi connectivity index (χ1v) is 4.70. The summed E-state index contributed by atoms with van der Waals surface area (Å²) in [6.07, 6.45) is 1.59. The van der Waals surface area contributed by atoms with E-state index in [4.69, 9.17) is 0 Å². The van der Waals surface area contributed by atoms with E-state index < -0.39 is 11.9 Å². The third kappa shape index (κ3) is 2.70. The first kappa shape index (κ1) is 11.0. The maximum atomic E-state index is 11.4. The zero-order valence-electron chi connectivity index (χ0n) is 8.23. The van der Waals surface area contributed by atoms with Gasteiger partial charge in [-0.25, -0.2) is 4.79 Å². The highest BCUT2D eigenvalue weighted by atomic mass is 16.5. The van der Waals surface area contributed by atoms with E-state index in [0.29, 0.717) is 25.9 Å². The summed E-state index contributed by atoms with van der Waals surface area (Å²) in [5.74, 6) is -1.44. The second kappa shape index (κ2) is 4.95. The molecule has 5 nitrogen and oxygen atoms in total. The lowest BCUT2D eigenvalue weighted by Gasteiger charge is -2.18. The number of rotatable bonds is 0. The molecular weight excluding hydrogens is 186 g/mol. The van der Waals surface area contributed by atoms with Crippen molar-refractivity contribution in [1.82, 2.24) is 4.90 Å². The Hall–Kier alpha value is -1.10. The van der Waals surface area contributed by atoms with Crippen LogP contribution in [0, 0.1) is 0 Å². The van der Waals surface area contributed by atoms with Gasteiger partial charge in [-0.15, -0.1) is 0 Å². The molecule has 0 bridgehead atoms. The fourth-order valence-electron chi connectivity index (χ4n) is 1.50. The van der Waals surface area contributed by atoms with Crippen LogP contribution in [0.4, 0.5) is 0 Å². The summed E-state index contributed by atoms with van der Waals surface area (Å²) in [5, 5.41) is 9.33. The van der Waals surface area contributed by atoms with Crippen molar-refractivity contribution >= 4 is 11.9 Å². The van der Waals surface area contributed by atoms with Crippen molar-refractivity contribution in [2.24, 2.45) is 0 Å². The number of amides is 1. The number of nitrogens with zero attached hydrogens (tertiary/aromatic N) is 1. The molecular formula is C9H15NO4. The summed E-state index contributed by atoms with van der Waals surface area (Å²) in [4.78, 5) is 23.7. The van der Waals surface area contributed by atoms with Crippen LogP contribution < -0.4 is 0 Å². The molecule has 0 saturated carbocycles. The van der Waals surface area contributed by atoms with Gasteiger partial charge in [0.15, 0.2) is 0 Å². The van der Waals surface area contributed by atoms with Crippen LogP contribution >= 0.6 is 0 Å². The van der Waals surface area contributed by atoms with E-state index >= 15 is 0 Å². The Bertz CT molecular complexity index is 229. The SMILES string of the molecule is COC(=O)C(=O)N1CCCC(O)CC1. The highest BCUT2D eigenvalue weighted by Gasteiger charge is 2.24. The van der Waals surface area contributed by atoms with Crippen molar-refractivity contribution in [1.29, 1.82) is 0 Å². The Balaban J connectivity index is 2.51. The van der Waals surface area contributed by atoms with E-state index in [2.05, 4.69) is 4.74 Å². The van der Waals surface area contributed by atoms with E-state index in [1.807, 2.05) is 0 Å². The van der Waals surface area contributed by atoms with Crippen molar-refractivity contribution < 1.29 is 19.4 Å². The smallest absolute Gasteiger partial charge is 0.396 e.